The van der Waals surface area contributed by atoms with Gasteiger partial charge in [0.05, 0.1) is 50.6 Å². The van der Waals surface area contributed by atoms with Crippen LogP contribution in [0.1, 0.15) is 65.2 Å². The lowest BCUT2D eigenvalue weighted by atomic mass is 10.1. The predicted molar refractivity (Wildman–Crippen MR) is 148 cm³/mol. The number of methoxy groups -OCH3 is 1. The monoisotopic (exact) mass is 559 g/mol. The van der Waals surface area contributed by atoms with Gasteiger partial charge < -0.3 is 19.6 Å². The summed E-state index contributed by atoms with van der Waals surface area (Å²) in [6, 6.07) is 5.37. The third kappa shape index (κ3) is 8.77. The lowest BCUT2D eigenvalue weighted by molar-refractivity contribution is -0.124. The third-order valence-corrected chi connectivity index (χ3v) is 5.83. The van der Waals surface area contributed by atoms with E-state index in [0.717, 1.165) is 4.57 Å². The average molecular weight is 560 g/mol. The van der Waals surface area contributed by atoms with E-state index in [1.165, 1.54) is 36.1 Å². The number of halogens is 1. The SMILES string of the molecule is COc1ccc(F)cc1C(Cn1cc(/C(C)=N\OC(C)C)c(=O)n(CC(C)NC(=O)C(C)C)c1=O)OCCC#N. The fourth-order valence-electron chi connectivity index (χ4n) is 3.78. The lowest BCUT2D eigenvalue weighted by Crippen LogP contribution is -2.48. The molecule has 2 atom stereocenters. The molecule has 1 N–H and O–H groups in total. The van der Waals surface area contributed by atoms with E-state index >= 15 is 0 Å². The van der Waals surface area contributed by atoms with E-state index in [1.54, 1.807) is 41.5 Å². The molecule has 2 unspecified atom stereocenters. The number of carbonyl (C=O) groups is 1. The summed E-state index contributed by atoms with van der Waals surface area (Å²) >= 11 is 0. The molecule has 2 rings (SSSR count). The summed E-state index contributed by atoms with van der Waals surface area (Å²) < 4.78 is 27.8. The van der Waals surface area contributed by atoms with E-state index in [4.69, 9.17) is 19.6 Å². The second kappa shape index (κ2) is 15.0. The molecule has 0 radical (unpaired) electrons. The van der Waals surface area contributed by atoms with Crippen LogP contribution in [0.5, 0.6) is 5.75 Å². The van der Waals surface area contributed by atoms with E-state index in [-0.39, 0.29) is 55.3 Å². The number of oxime groups is 1. The van der Waals surface area contributed by atoms with Crippen molar-refractivity contribution >= 4 is 11.6 Å². The summed E-state index contributed by atoms with van der Waals surface area (Å²) in [7, 11) is 1.43. The molecule has 0 aliphatic heterocycles. The molecule has 0 bridgehead atoms. The van der Waals surface area contributed by atoms with Gasteiger partial charge in [0.15, 0.2) is 0 Å². The minimum Gasteiger partial charge on any atom is -0.496 e. The molecule has 12 heteroatoms. The van der Waals surface area contributed by atoms with Crippen LogP contribution in [0.15, 0.2) is 39.1 Å². The van der Waals surface area contributed by atoms with Crippen molar-refractivity contribution < 1.29 is 23.5 Å². The van der Waals surface area contributed by atoms with Gasteiger partial charge in [-0.1, -0.05) is 19.0 Å². The van der Waals surface area contributed by atoms with Crippen LogP contribution in [0.3, 0.4) is 0 Å². The van der Waals surface area contributed by atoms with Crippen LogP contribution in [0.25, 0.3) is 0 Å². The quantitative estimate of drug-likeness (QED) is 0.213. The van der Waals surface area contributed by atoms with Crippen molar-refractivity contribution in [3.8, 4) is 11.8 Å². The number of nitrogens with zero attached hydrogens (tertiary/aromatic N) is 4. The van der Waals surface area contributed by atoms with Gasteiger partial charge in [-0.2, -0.15) is 5.26 Å². The molecule has 1 aromatic carbocycles. The number of nitrogens with one attached hydrogen (secondary N) is 1. The molecular formula is C28H38FN5O6. The zero-order chi connectivity index (χ0) is 30.0. The molecule has 1 aromatic heterocycles. The van der Waals surface area contributed by atoms with Gasteiger partial charge in [-0.25, -0.2) is 9.18 Å². The van der Waals surface area contributed by atoms with Crippen LogP contribution in [0, 0.1) is 23.1 Å². The average Bonchev–Trinajstić information content (AvgIpc) is 2.90. The van der Waals surface area contributed by atoms with Gasteiger partial charge in [0, 0.05) is 23.7 Å². The maximum absolute atomic E-state index is 14.3. The highest BCUT2D eigenvalue weighted by Gasteiger charge is 2.23. The molecule has 2 aromatic rings. The van der Waals surface area contributed by atoms with Gasteiger partial charge >= 0.3 is 5.69 Å². The first-order valence-corrected chi connectivity index (χ1v) is 13.1. The highest BCUT2D eigenvalue weighted by atomic mass is 19.1. The van der Waals surface area contributed by atoms with Crippen molar-refractivity contribution in [1.82, 2.24) is 14.5 Å². The molecule has 0 aliphatic carbocycles. The molecule has 0 fully saturated rings. The largest absolute Gasteiger partial charge is 0.496 e. The number of ether oxygens (including phenoxy) is 2. The van der Waals surface area contributed by atoms with Gasteiger partial charge in [-0.3, -0.25) is 18.7 Å². The van der Waals surface area contributed by atoms with Crippen LogP contribution >= 0.6 is 0 Å². The molecule has 11 nitrogen and oxygen atoms in total. The van der Waals surface area contributed by atoms with Gasteiger partial charge in [-0.15, -0.1) is 0 Å². The van der Waals surface area contributed by atoms with Gasteiger partial charge in [0.1, 0.15) is 23.8 Å². The summed E-state index contributed by atoms with van der Waals surface area (Å²) in [5.74, 6) is -0.703. The maximum Gasteiger partial charge on any atom is 0.331 e. The van der Waals surface area contributed by atoms with Crippen molar-refractivity contribution in [2.24, 2.45) is 11.1 Å². The Labute approximate surface area is 233 Å². The van der Waals surface area contributed by atoms with Crippen LogP contribution in [0.2, 0.25) is 0 Å². The number of benzene rings is 1. The number of hydrogen-bond acceptors (Lipinski definition) is 8. The number of aromatic nitrogens is 2. The smallest absolute Gasteiger partial charge is 0.331 e. The molecule has 1 heterocycles. The molecule has 0 saturated carbocycles. The van der Waals surface area contributed by atoms with Crippen molar-refractivity contribution in [2.45, 2.75) is 79.3 Å². The molecule has 40 heavy (non-hydrogen) atoms. The number of rotatable bonds is 14. The Bertz CT molecular complexity index is 1360. The normalized spacial score (nSPS) is 13.2. The highest BCUT2D eigenvalue weighted by molar-refractivity contribution is 5.97. The number of carbonyl (C=O) groups excluding carboxylic acids is 1. The topological polar surface area (TPSA) is 137 Å². The van der Waals surface area contributed by atoms with Crippen molar-refractivity contribution in [2.75, 3.05) is 13.7 Å². The minimum atomic E-state index is -0.905. The zero-order valence-corrected chi connectivity index (χ0v) is 24.1. The third-order valence-electron chi connectivity index (χ3n) is 5.83. The van der Waals surface area contributed by atoms with Crippen LogP contribution in [-0.4, -0.2) is 46.6 Å². The minimum absolute atomic E-state index is 0.0169. The van der Waals surface area contributed by atoms with E-state index in [2.05, 4.69) is 10.5 Å². The number of amides is 1. The Morgan fingerprint density at radius 1 is 1.18 bits per heavy atom. The molecule has 0 saturated heterocycles. The van der Waals surface area contributed by atoms with E-state index < -0.39 is 29.2 Å². The summed E-state index contributed by atoms with van der Waals surface area (Å²) in [6.07, 6.45) is 0.275. The Morgan fingerprint density at radius 3 is 2.48 bits per heavy atom. The second-order valence-corrected chi connectivity index (χ2v) is 9.94. The van der Waals surface area contributed by atoms with E-state index in [1.807, 2.05) is 6.07 Å². The molecule has 0 aliphatic rings. The fraction of sp³-hybridized carbons (Fsp3) is 0.536. The van der Waals surface area contributed by atoms with Crippen molar-refractivity contribution in [1.29, 1.82) is 5.26 Å². The Morgan fingerprint density at radius 2 is 1.88 bits per heavy atom. The van der Waals surface area contributed by atoms with Crippen LogP contribution in [-0.2, 0) is 27.5 Å². The summed E-state index contributed by atoms with van der Waals surface area (Å²) in [5.41, 5.74) is -0.597. The van der Waals surface area contributed by atoms with Crippen LogP contribution in [0.4, 0.5) is 4.39 Å². The van der Waals surface area contributed by atoms with Crippen molar-refractivity contribution in [3.05, 3.63) is 62.2 Å². The van der Waals surface area contributed by atoms with Crippen molar-refractivity contribution in [3.63, 3.8) is 0 Å². The lowest BCUT2D eigenvalue weighted by Gasteiger charge is -2.23. The Hall–Kier alpha value is -3.98. The summed E-state index contributed by atoms with van der Waals surface area (Å²) in [6.45, 7) is 10.1. The Kier molecular flexibility index (Phi) is 12.1. The molecule has 0 spiro atoms. The molecule has 1 amide bonds. The first-order chi connectivity index (χ1) is 18.9. The van der Waals surface area contributed by atoms with E-state index in [0.29, 0.717) is 11.3 Å². The summed E-state index contributed by atoms with van der Waals surface area (Å²) in [4.78, 5) is 44.6. The highest BCUT2D eigenvalue weighted by Crippen LogP contribution is 2.30. The fourth-order valence-corrected chi connectivity index (χ4v) is 3.78. The zero-order valence-electron chi connectivity index (χ0n) is 24.1. The standard InChI is InChI=1S/C28H38FN5O6/c1-17(2)26(35)31-19(5)14-34-27(36)23(20(6)32-40-18(3)4)15-33(28(34)37)16-25(39-12-8-11-30)22-13-21(29)9-10-24(22)38-7/h9-10,13,15,17-19,25H,8,12,14,16H2,1-7H3,(H,31,35)/b32-20-. The summed E-state index contributed by atoms with van der Waals surface area (Å²) in [5, 5.41) is 15.8. The van der Waals surface area contributed by atoms with Gasteiger partial charge in [0.2, 0.25) is 5.91 Å². The first kappa shape index (κ1) is 32.2. The van der Waals surface area contributed by atoms with Crippen LogP contribution < -0.4 is 21.3 Å². The number of hydrogen-bond donors (Lipinski definition) is 1. The predicted octanol–water partition coefficient (Wildman–Crippen LogP) is 3.14. The molecular weight excluding hydrogens is 521 g/mol. The number of nitriles is 1. The second-order valence-electron chi connectivity index (χ2n) is 9.94. The van der Waals surface area contributed by atoms with Gasteiger partial charge in [0.25, 0.3) is 5.56 Å². The maximum atomic E-state index is 14.3. The molecule has 218 valence electrons. The van der Waals surface area contributed by atoms with Gasteiger partial charge in [-0.05, 0) is 45.9 Å². The first-order valence-electron chi connectivity index (χ1n) is 13.1. The van der Waals surface area contributed by atoms with E-state index in [9.17, 15) is 18.8 Å². The Balaban J connectivity index is 2.67.